The first kappa shape index (κ1) is 25.3. The second-order valence-corrected chi connectivity index (χ2v) is 7.94. The van der Waals surface area contributed by atoms with Crippen LogP contribution in [0.15, 0.2) is 33.5 Å². The Morgan fingerprint density at radius 3 is 2.22 bits per heavy atom. The summed E-state index contributed by atoms with van der Waals surface area (Å²) in [6.45, 7) is -0.742. The molecule has 1 aromatic heterocycles. The van der Waals surface area contributed by atoms with Crippen molar-refractivity contribution in [1.82, 2.24) is 0 Å². The molecule has 0 spiro atoms. The molecule has 5 atom stereocenters. The Labute approximate surface area is 202 Å². The number of hydrogen-bond donors (Lipinski definition) is 7. The van der Waals surface area contributed by atoms with Crippen LogP contribution in [0.1, 0.15) is 0 Å². The van der Waals surface area contributed by atoms with Gasteiger partial charge in [-0.2, -0.15) is 0 Å². The summed E-state index contributed by atoms with van der Waals surface area (Å²) in [5.41, 5.74) is -1.28. The first-order valence-corrected chi connectivity index (χ1v) is 10.6. The van der Waals surface area contributed by atoms with E-state index in [4.69, 9.17) is 23.4 Å². The standard InChI is InChI=1S/C23H24O13/c1-32-12-4-3-8(5-9(12)25)19-22(36-23-18(31)17(30)15(28)13(7-24)34-23)16(29)14-10(26)6-11(27)20(33-2)21(14)35-19/h3-6,13,15,17-18,23-28,30-31H,7H2,1-2H3. The van der Waals surface area contributed by atoms with Crippen molar-refractivity contribution in [3.8, 4) is 45.8 Å². The summed E-state index contributed by atoms with van der Waals surface area (Å²) in [4.78, 5) is 13.5. The zero-order valence-corrected chi connectivity index (χ0v) is 19.0. The van der Waals surface area contributed by atoms with Crippen LogP contribution in [-0.2, 0) is 4.74 Å². The number of methoxy groups -OCH3 is 2. The number of fused-ring (bicyclic) bond motifs is 1. The second-order valence-electron chi connectivity index (χ2n) is 7.94. The van der Waals surface area contributed by atoms with Crippen molar-refractivity contribution < 1.29 is 59.1 Å². The van der Waals surface area contributed by atoms with Gasteiger partial charge in [0.25, 0.3) is 0 Å². The molecule has 2 aromatic carbocycles. The van der Waals surface area contributed by atoms with Gasteiger partial charge in [-0.1, -0.05) is 0 Å². The normalized spacial score (nSPS) is 24.0. The summed E-state index contributed by atoms with van der Waals surface area (Å²) < 4.78 is 26.9. The highest BCUT2D eigenvalue weighted by Crippen LogP contribution is 2.44. The highest BCUT2D eigenvalue weighted by Gasteiger charge is 2.45. The number of aliphatic hydroxyl groups excluding tert-OH is 4. The predicted molar refractivity (Wildman–Crippen MR) is 120 cm³/mol. The molecule has 0 saturated carbocycles. The van der Waals surface area contributed by atoms with E-state index in [2.05, 4.69) is 0 Å². The second kappa shape index (κ2) is 9.72. The van der Waals surface area contributed by atoms with E-state index >= 15 is 0 Å². The van der Waals surface area contributed by atoms with E-state index in [0.29, 0.717) is 0 Å². The molecule has 7 N–H and O–H groups in total. The maximum atomic E-state index is 13.5. The zero-order chi connectivity index (χ0) is 26.3. The van der Waals surface area contributed by atoms with E-state index in [1.165, 1.54) is 32.4 Å². The van der Waals surface area contributed by atoms with Crippen molar-refractivity contribution in [3.05, 3.63) is 34.5 Å². The van der Waals surface area contributed by atoms with Gasteiger partial charge in [0.2, 0.25) is 23.2 Å². The molecule has 0 amide bonds. The lowest BCUT2D eigenvalue weighted by molar-refractivity contribution is -0.277. The third-order valence-electron chi connectivity index (χ3n) is 5.77. The van der Waals surface area contributed by atoms with E-state index in [1.54, 1.807) is 0 Å². The minimum absolute atomic E-state index is 0.0665. The van der Waals surface area contributed by atoms with E-state index < -0.39 is 65.4 Å². The fourth-order valence-electron chi connectivity index (χ4n) is 3.90. The van der Waals surface area contributed by atoms with Crippen molar-refractivity contribution in [3.63, 3.8) is 0 Å². The Balaban J connectivity index is 1.97. The first-order valence-electron chi connectivity index (χ1n) is 10.6. The summed E-state index contributed by atoms with van der Waals surface area (Å²) >= 11 is 0. The third-order valence-corrected chi connectivity index (χ3v) is 5.77. The van der Waals surface area contributed by atoms with Crippen molar-refractivity contribution in [2.75, 3.05) is 20.8 Å². The van der Waals surface area contributed by atoms with Crippen LogP contribution in [0.25, 0.3) is 22.3 Å². The number of rotatable bonds is 6. The summed E-state index contributed by atoms with van der Waals surface area (Å²) in [6, 6.07) is 4.80. The van der Waals surface area contributed by atoms with E-state index in [1.807, 2.05) is 0 Å². The smallest absolute Gasteiger partial charge is 0.239 e. The quantitative estimate of drug-likeness (QED) is 0.230. The van der Waals surface area contributed by atoms with E-state index in [9.17, 15) is 40.5 Å². The van der Waals surface area contributed by atoms with Gasteiger partial charge in [-0.3, -0.25) is 4.79 Å². The van der Waals surface area contributed by atoms with Crippen LogP contribution < -0.4 is 19.6 Å². The van der Waals surface area contributed by atoms with Crippen molar-refractivity contribution in [1.29, 1.82) is 0 Å². The Bertz CT molecular complexity index is 1330. The predicted octanol–water partition coefficient (Wildman–Crippen LogP) is -0.227. The zero-order valence-electron chi connectivity index (χ0n) is 19.0. The lowest BCUT2D eigenvalue weighted by Crippen LogP contribution is -2.60. The lowest BCUT2D eigenvalue weighted by atomic mass is 9.99. The van der Waals surface area contributed by atoms with Gasteiger partial charge < -0.3 is 59.1 Å². The number of hydrogen-bond acceptors (Lipinski definition) is 13. The number of aliphatic hydroxyl groups is 4. The number of aromatic hydroxyl groups is 3. The molecule has 1 saturated heterocycles. The molecule has 1 fully saturated rings. The van der Waals surface area contributed by atoms with E-state index in [0.717, 1.165) is 6.07 Å². The Morgan fingerprint density at radius 1 is 0.889 bits per heavy atom. The van der Waals surface area contributed by atoms with Crippen LogP contribution in [0, 0.1) is 0 Å². The molecule has 0 bridgehead atoms. The van der Waals surface area contributed by atoms with Crippen LogP contribution in [0.5, 0.6) is 34.5 Å². The molecule has 13 heteroatoms. The molecule has 36 heavy (non-hydrogen) atoms. The van der Waals surface area contributed by atoms with E-state index in [-0.39, 0.29) is 34.2 Å². The van der Waals surface area contributed by atoms with Gasteiger partial charge in [-0.15, -0.1) is 0 Å². The number of benzene rings is 2. The van der Waals surface area contributed by atoms with Gasteiger partial charge in [0.15, 0.2) is 28.6 Å². The fraction of sp³-hybridized carbons (Fsp3) is 0.348. The van der Waals surface area contributed by atoms with Crippen molar-refractivity contribution >= 4 is 11.0 Å². The van der Waals surface area contributed by atoms with Gasteiger partial charge in [0.1, 0.15) is 35.6 Å². The number of phenolic OH excluding ortho intramolecular Hbond substituents is 3. The molecule has 13 nitrogen and oxygen atoms in total. The lowest BCUT2D eigenvalue weighted by Gasteiger charge is -2.39. The minimum atomic E-state index is -1.86. The van der Waals surface area contributed by atoms with Crippen LogP contribution in [0.2, 0.25) is 0 Å². The van der Waals surface area contributed by atoms with Crippen LogP contribution in [0.3, 0.4) is 0 Å². The number of phenols is 3. The molecular formula is C23H24O13. The third kappa shape index (κ3) is 4.12. The molecule has 3 aromatic rings. The average molecular weight is 508 g/mol. The summed E-state index contributed by atoms with van der Waals surface area (Å²) in [6.07, 6.45) is -8.44. The first-order chi connectivity index (χ1) is 17.1. The molecule has 5 unspecified atom stereocenters. The van der Waals surface area contributed by atoms with Gasteiger partial charge in [0.05, 0.1) is 20.8 Å². The monoisotopic (exact) mass is 508 g/mol. The maximum Gasteiger partial charge on any atom is 0.239 e. The Hall–Kier alpha value is -3.75. The topological polar surface area (TPSA) is 209 Å². The molecule has 0 radical (unpaired) electrons. The van der Waals surface area contributed by atoms with Crippen LogP contribution in [0.4, 0.5) is 0 Å². The average Bonchev–Trinajstić information content (AvgIpc) is 2.85. The van der Waals surface area contributed by atoms with Crippen molar-refractivity contribution in [2.24, 2.45) is 0 Å². The minimum Gasteiger partial charge on any atom is -0.507 e. The Kier molecular flexibility index (Phi) is 6.84. The summed E-state index contributed by atoms with van der Waals surface area (Å²) in [5.74, 6) is -2.69. The molecule has 4 rings (SSSR count). The van der Waals surface area contributed by atoms with Gasteiger partial charge in [-0.25, -0.2) is 0 Å². The summed E-state index contributed by atoms with van der Waals surface area (Å²) in [7, 11) is 2.53. The van der Waals surface area contributed by atoms with Crippen LogP contribution in [-0.4, -0.2) is 87.3 Å². The highest BCUT2D eigenvalue weighted by molar-refractivity contribution is 5.93. The molecule has 194 valence electrons. The SMILES string of the molecule is COc1ccc(-c2oc3c(OC)c(O)cc(O)c3c(=O)c2OC2OC(CO)C(O)C(O)C2O)cc1O. The maximum absolute atomic E-state index is 13.5. The fourth-order valence-corrected chi connectivity index (χ4v) is 3.90. The van der Waals surface area contributed by atoms with Gasteiger partial charge in [0, 0.05) is 11.6 Å². The summed E-state index contributed by atoms with van der Waals surface area (Å²) in [5, 5.41) is 70.4. The Morgan fingerprint density at radius 2 is 1.61 bits per heavy atom. The van der Waals surface area contributed by atoms with Crippen molar-refractivity contribution in [2.45, 2.75) is 30.7 Å². The highest BCUT2D eigenvalue weighted by atomic mass is 16.7. The molecule has 1 aliphatic heterocycles. The molecular weight excluding hydrogens is 484 g/mol. The van der Waals surface area contributed by atoms with Gasteiger partial charge >= 0.3 is 0 Å². The molecule has 1 aliphatic rings. The largest absolute Gasteiger partial charge is 0.507 e. The number of ether oxygens (including phenoxy) is 4. The van der Waals surface area contributed by atoms with Crippen LogP contribution >= 0.6 is 0 Å². The van der Waals surface area contributed by atoms with Gasteiger partial charge in [-0.05, 0) is 18.2 Å². The molecule has 0 aliphatic carbocycles. The molecule has 2 heterocycles.